The van der Waals surface area contributed by atoms with E-state index in [-0.39, 0.29) is 0 Å². The van der Waals surface area contributed by atoms with Crippen LogP contribution in [0.4, 0.5) is 12.7 Å². The van der Waals surface area contributed by atoms with Gasteiger partial charge in [-0.05, 0) is 12.8 Å². The zero-order chi connectivity index (χ0) is 10.8. The number of hydrogen-bond acceptors (Lipinski definition) is 2. The summed E-state index contributed by atoms with van der Waals surface area (Å²) >= 11 is 0. The van der Waals surface area contributed by atoms with Crippen LogP contribution in [0.5, 0.6) is 0 Å². The largest absolute Gasteiger partial charge is 0.302 e. The lowest BCUT2D eigenvalue weighted by molar-refractivity contribution is -0.0580. The van der Waals surface area contributed by atoms with Crippen molar-refractivity contribution in [2.75, 3.05) is 5.75 Å². The van der Waals surface area contributed by atoms with Crippen molar-refractivity contribution >= 4 is 10.2 Å². The molecule has 84 valence electrons. The topological polar surface area (TPSA) is 34.1 Å². The van der Waals surface area contributed by atoms with Gasteiger partial charge in [0.1, 0.15) is 0 Å². The van der Waals surface area contributed by atoms with Gasteiger partial charge >= 0.3 is 10.2 Å². The summed E-state index contributed by atoms with van der Waals surface area (Å²) in [7, 11) is -4.77. The van der Waals surface area contributed by atoms with E-state index in [1.54, 1.807) is 0 Å². The fraction of sp³-hybridized carbons (Fsp3) is 1.00. The van der Waals surface area contributed by atoms with Crippen LogP contribution in [0.2, 0.25) is 0 Å². The second-order valence-electron chi connectivity index (χ2n) is 3.74. The average Bonchev–Trinajstić information content (AvgIpc) is 2.52. The Kier molecular flexibility index (Phi) is 3.44. The highest BCUT2D eigenvalue weighted by Crippen LogP contribution is 2.40. The molecular weight excluding hydrogens is 217 g/mol. The molecule has 0 radical (unpaired) electrons. The van der Waals surface area contributed by atoms with Crippen molar-refractivity contribution in [1.82, 2.24) is 0 Å². The highest BCUT2D eigenvalue weighted by Gasteiger charge is 2.41. The van der Waals surface area contributed by atoms with Crippen LogP contribution < -0.4 is 0 Å². The molecule has 14 heavy (non-hydrogen) atoms. The minimum atomic E-state index is -4.77. The fourth-order valence-electron chi connectivity index (χ4n) is 1.81. The first-order valence-electron chi connectivity index (χ1n) is 4.61. The lowest BCUT2D eigenvalue weighted by Gasteiger charge is -2.21. The minimum Gasteiger partial charge on any atom is -0.207 e. The molecule has 0 unspecified atom stereocenters. The first-order chi connectivity index (χ1) is 6.31. The van der Waals surface area contributed by atoms with Crippen molar-refractivity contribution in [1.29, 1.82) is 0 Å². The quantitative estimate of drug-likeness (QED) is 0.695. The minimum absolute atomic E-state index is 0.416. The van der Waals surface area contributed by atoms with Gasteiger partial charge in [-0.25, -0.2) is 8.78 Å². The number of halogens is 3. The summed E-state index contributed by atoms with van der Waals surface area (Å²) in [6.45, 7) is 0. The van der Waals surface area contributed by atoms with Crippen LogP contribution >= 0.6 is 0 Å². The van der Waals surface area contributed by atoms with E-state index in [1.807, 2.05) is 0 Å². The molecule has 1 aliphatic rings. The van der Waals surface area contributed by atoms with Gasteiger partial charge in [0.25, 0.3) is 5.92 Å². The maximum atomic E-state index is 13.2. The maximum absolute atomic E-state index is 13.2. The van der Waals surface area contributed by atoms with Gasteiger partial charge in [-0.3, -0.25) is 0 Å². The van der Waals surface area contributed by atoms with E-state index < -0.39 is 34.2 Å². The van der Waals surface area contributed by atoms with Gasteiger partial charge in [0, 0.05) is 12.3 Å². The SMILES string of the molecule is O=S(=O)(F)CCC(F)(F)C1CCCC1. The molecule has 0 aromatic carbocycles. The van der Waals surface area contributed by atoms with Gasteiger partial charge < -0.3 is 0 Å². The summed E-state index contributed by atoms with van der Waals surface area (Å²) in [5.74, 6) is -4.86. The molecule has 0 aromatic rings. The van der Waals surface area contributed by atoms with Gasteiger partial charge in [0.2, 0.25) is 0 Å². The monoisotopic (exact) mass is 230 g/mol. The lowest BCUT2D eigenvalue weighted by atomic mass is 9.98. The predicted molar refractivity (Wildman–Crippen MR) is 46.4 cm³/mol. The Bertz CT molecular complexity index is 281. The maximum Gasteiger partial charge on any atom is 0.302 e. The zero-order valence-corrected chi connectivity index (χ0v) is 8.50. The summed E-state index contributed by atoms with van der Waals surface area (Å²) in [5.41, 5.74) is 0. The fourth-order valence-corrected chi connectivity index (χ4v) is 2.33. The molecule has 1 saturated carbocycles. The summed E-state index contributed by atoms with van der Waals surface area (Å²) in [5, 5.41) is 0. The van der Waals surface area contributed by atoms with E-state index >= 15 is 0 Å². The third-order valence-corrected chi connectivity index (χ3v) is 3.32. The van der Waals surface area contributed by atoms with Crippen LogP contribution in [-0.2, 0) is 10.2 Å². The Morgan fingerprint density at radius 3 is 2.14 bits per heavy atom. The van der Waals surface area contributed by atoms with Crippen LogP contribution in [0, 0.1) is 5.92 Å². The van der Waals surface area contributed by atoms with E-state index in [0.717, 1.165) is 12.8 Å². The van der Waals surface area contributed by atoms with E-state index in [4.69, 9.17) is 0 Å². The molecule has 0 amide bonds. The zero-order valence-electron chi connectivity index (χ0n) is 7.68. The van der Waals surface area contributed by atoms with Gasteiger partial charge in [-0.15, -0.1) is 3.89 Å². The molecule has 1 rings (SSSR count). The molecule has 1 aliphatic carbocycles. The first-order valence-corrected chi connectivity index (χ1v) is 6.17. The summed E-state index contributed by atoms with van der Waals surface area (Å²) < 4.78 is 58.7. The van der Waals surface area contributed by atoms with Crippen LogP contribution in [0.25, 0.3) is 0 Å². The van der Waals surface area contributed by atoms with E-state index in [0.29, 0.717) is 12.8 Å². The first kappa shape index (κ1) is 11.8. The molecule has 0 bridgehead atoms. The average molecular weight is 230 g/mol. The number of rotatable bonds is 4. The van der Waals surface area contributed by atoms with Crippen LogP contribution in [0.15, 0.2) is 0 Å². The summed E-state index contributed by atoms with van der Waals surface area (Å²) in [6, 6.07) is 0. The third kappa shape index (κ3) is 3.48. The van der Waals surface area contributed by atoms with E-state index in [2.05, 4.69) is 0 Å². The Hall–Kier alpha value is -0.260. The highest BCUT2D eigenvalue weighted by atomic mass is 32.3. The molecule has 0 aliphatic heterocycles. The third-order valence-electron chi connectivity index (χ3n) is 2.63. The molecule has 0 aromatic heterocycles. The molecule has 2 nitrogen and oxygen atoms in total. The van der Waals surface area contributed by atoms with Crippen molar-refractivity contribution in [3.8, 4) is 0 Å². The van der Waals surface area contributed by atoms with E-state index in [9.17, 15) is 21.1 Å². The standard InChI is InChI=1S/C8H13F3O2S/c9-8(10,5-6-14(11,12)13)7-3-1-2-4-7/h7H,1-6H2. The Morgan fingerprint density at radius 2 is 1.71 bits per heavy atom. The summed E-state index contributed by atoms with van der Waals surface area (Å²) in [6.07, 6.45) is 1.44. The Balaban J connectivity index is 2.48. The second kappa shape index (κ2) is 4.08. The van der Waals surface area contributed by atoms with Crippen molar-refractivity contribution in [3.05, 3.63) is 0 Å². The van der Waals surface area contributed by atoms with Crippen molar-refractivity contribution in [3.63, 3.8) is 0 Å². The predicted octanol–water partition coefficient (Wildman–Crippen LogP) is 2.50. The normalized spacial score (nSPS) is 20.2. The van der Waals surface area contributed by atoms with Crippen LogP contribution in [-0.4, -0.2) is 20.1 Å². The Labute approximate surface area is 81.7 Å². The molecule has 0 spiro atoms. The Morgan fingerprint density at radius 1 is 1.21 bits per heavy atom. The van der Waals surface area contributed by atoms with Crippen LogP contribution in [0.3, 0.4) is 0 Å². The number of hydrogen-bond donors (Lipinski definition) is 0. The van der Waals surface area contributed by atoms with Gasteiger partial charge in [-0.2, -0.15) is 8.42 Å². The van der Waals surface area contributed by atoms with Crippen molar-refractivity contribution in [2.24, 2.45) is 5.92 Å². The van der Waals surface area contributed by atoms with Gasteiger partial charge in [0.15, 0.2) is 0 Å². The molecule has 0 N–H and O–H groups in total. The summed E-state index contributed by atoms with van der Waals surface area (Å²) in [4.78, 5) is 0. The second-order valence-corrected chi connectivity index (χ2v) is 5.22. The molecule has 0 atom stereocenters. The number of alkyl halides is 2. The van der Waals surface area contributed by atoms with Crippen molar-refractivity contribution < 1.29 is 21.1 Å². The highest BCUT2D eigenvalue weighted by molar-refractivity contribution is 7.86. The molecule has 0 saturated heterocycles. The molecule has 6 heteroatoms. The molecular formula is C8H13F3O2S. The van der Waals surface area contributed by atoms with E-state index in [1.165, 1.54) is 0 Å². The van der Waals surface area contributed by atoms with Crippen LogP contribution in [0.1, 0.15) is 32.1 Å². The van der Waals surface area contributed by atoms with Gasteiger partial charge in [0.05, 0.1) is 5.75 Å². The van der Waals surface area contributed by atoms with Gasteiger partial charge in [-0.1, -0.05) is 12.8 Å². The smallest absolute Gasteiger partial charge is 0.207 e. The van der Waals surface area contributed by atoms with Crippen molar-refractivity contribution in [2.45, 2.75) is 38.0 Å². The molecule has 1 fully saturated rings. The molecule has 0 heterocycles. The lowest BCUT2D eigenvalue weighted by Crippen LogP contribution is -2.28.